The van der Waals surface area contributed by atoms with Gasteiger partial charge in [-0.05, 0) is 53.4 Å². The van der Waals surface area contributed by atoms with Crippen molar-refractivity contribution in [3.8, 4) is 0 Å². The lowest BCUT2D eigenvalue weighted by Gasteiger charge is -2.37. The largest absolute Gasteiger partial charge is 0.444 e. The Balaban J connectivity index is 1.40. The Hall–Kier alpha value is -2.28. The zero-order valence-corrected chi connectivity index (χ0v) is 16.6. The Morgan fingerprint density at radius 1 is 1.11 bits per heavy atom. The number of nitrogens with zero attached hydrogens (tertiary/aromatic N) is 2. The van der Waals surface area contributed by atoms with Crippen molar-refractivity contribution in [1.29, 1.82) is 0 Å². The molecule has 7 heteroatoms. The van der Waals surface area contributed by atoms with E-state index in [2.05, 4.69) is 15.9 Å². The number of ether oxygens (including phenoxy) is 1. The molecule has 0 radical (unpaired) electrons. The van der Waals surface area contributed by atoms with Crippen LogP contribution in [0.1, 0.15) is 42.0 Å². The maximum atomic E-state index is 12.5. The number of hydrogen-bond acceptors (Lipinski definition) is 4. The van der Waals surface area contributed by atoms with E-state index >= 15 is 0 Å². The van der Waals surface area contributed by atoms with Crippen molar-refractivity contribution in [2.75, 3.05) is 13.1 Å². The zero-order chi connectivity index (χ0) is 19.0. The number of rotatable bonds is 3. The first-order valence-corrected chi connectivity index (χ1v) is 9.92. The molecule has 1 aromatic heterocycles. The summed E-state index contributed by atoms with van der Waals surface area (Å²) in [6.07, 6.45) is 0.943. The molecule has 0 saturated carbocycles. The van der Waals surface area contributed by atoms with E-state index in [-0.39, 0.29) is 30.2 Å². The van der Waals surface area contributed by atoms with Crippen LogP contribution in [0.3, 0.4) is 0 Å². The zero-order valence-electron chi connectivity index (χ0n) is 15.0. The van der Waals surface area contributed by atoms with Gasteiger partial charge in [0.25, 0.3) is 5.91 Å². The Labute approximate surface area is 166 Å². The summed E-state index contributed by atoms with van der Waals surface area (Å²) in [6, 6.07) is 13.3. The first-order chi connectivity index (χ1) is 13.0. The van der Waals surface area contributed by atoms with Gasteiger partial charge in [0.05, 0.1) is 6.04 Å². The van der Waals surface area contributed by atoms with E-state index in [1.807, 2.05) is 42.2 Å². The number of carbonyl (C=O) groups excluding carboxylic acids is 2. The molecule has 27 heavy (non-hydrogen) atoms. The van der Waals surface area contributed by atoms with E-state index in [1.165, 1.54) is 0 Å². The Kier molecular flexibility index (Phi) is 4.95. The molecule has 0 bridgehead atoms. The summed E-state index contributed by atoms with van der Waals surface area (Å²) in [4.78, 5) is 28.7. The Morgan fingerprint density at radius 3 is 2.44 bits per heavy atom. The van der Waals surface area contributed by atoms with Crippen LogP contribution >= 0.6 is 15.9 Å². The highest BCUT2D eigenvalue weighted by Gasteiger charge is 2.44. The number of benzene rings is 1. The molecular weight excluding hydrogens is 412 g/mol. The minimum absolute atomic E-state index is 0.0341. The highest BCUT2D eigenvalue weighted by molar-refractivity contribution is 9.10. The smallest absolute Gasteiger partial charge is 0.411 e. The van der Waals surface area contributed by atoms with Crippen molar-refractivity contribution >= 4 is 27.9 Å². The van der Waals surface area contributed by atoms with E-state index < -0.39 is 0 Å². The van der Waals surface area contributed by atoms with Crippen LogP contribution in [-0.4, -0.2) is 47.0 Å². The van der Waals surface area contributed by atoms with Gasteiger partial charge in [-0.15, -0.1) is 0 Å². The van der Waals surface area contributed by atoms with Gasteiger partial charge in [0.1, 0.15) is 6.10 Å². The minimum atomic E-state index is -0.268. The fourth-order valence-electron chi connectivity index (χ4n) is 3.98. The molecule has 2 atom stereocenters. The average Bonchev–Trinajstić information content (AvgIpc) is 3.25. The third-order valence-corrected chi connectivity index (χ3v) is 5.80. The SMILES string of the molecule is C[C@@H]1[C@H](c2ccccc2)OC(=O)N1C1CCN(C(=O)c2ccc(Br)o2)CC1. The Bertz CT molecular complexity index is 830. The van der Waals surface area contributed by atoms with Crippen LogP contribution < -0.4 is 0 Å². The minimum Gasteiger partial charge on any atom is -0.444 e. The molecular formula is C20H21BrN2O4. The second-order valence-electron chi connectivity index (χ2n) is 6.99. The molecule has 0 N–H and O–H groups in total. The van der Waals surface area contributed by atoms with Crippen LogP contribution in [0.2, 0.25) is 0 Å². The lowest BCUT2D eigenvalue weighted by molar-refractivity contribution is 0.0609. The van der Waals surface area contributed by atoms with Crippen LogP contribution in [0.5, 0.6) is 0 Å². The van der Waals surface area contributed by atoms with Gasteiger partial charge in [0, 0.05) is 19.1 Å². The number of carbonyl (C=O) groups is 2. The summed E-state index contributed by atoms with van der Waals surface area (Å²) in [5, 5.41) is 0. The van der Waals surface area contributed by atoms with E-state index in [9.17, 15) is 9.59 Å². The lowest BCUT2D eigenvalue weighted by Crippen LogP contribution is -2.49. The first kappa shape index (κ1) is 18.1. The standard InChI is InChI=1S/C20H21BrN2O4/c1-13-18(14-5-3-2-4-6-14)27-20(25)23(13)15-9-11-22(12-10-15)19(24)16-7-8-17(21)26-16/h2-8,13,15,18H,9-12H2,1H3/t13-,18-/m1/s1. The van der Waals surface area contributed by atoms with E-state index in [1.54, 1.807) is 17.0 Å². The van der Waals surface area contributed by atoms with Crippen molar-refractivity contribution in [3.05, 3.63) is 58.5 Å². The molecule has 4 rings (SSSR count). The molecule has 2 aliphatic heterocycles. The second-order valence-corrected chi connectivity index (χ2v) is 7.77. The number of hydrogen-bond donors (Lipinski definition) is 0. The number of cyclic esters (lactones) is 1. The molecule has 1 aromatic carbocycles. The fourth-order valence-corrected chi connectivity index (χ4v) is 4.29. The van der Waals surface area contributed by atoms with Crippen LogP contribution in [0, 0.1) is 0 Å². The predicted octanol–water partition coefficient (Wildman–Crippen LogP) is 4.23. The van der Waals surface area contributed by atoms with Crippen LogP contribution in [-0.2, 0) is 4.74 Å². The van der Waals surface area contributed by atoms with Crippen LogP contribution in [0.4, 0.5) is 4.79 Å². The van der Waals surface area contributed by atoms with Gasteiger partial charge < -0.3 is 14.1 Å². The van der Waals surface area contributed by atoms with Gasteiger partial charge in [-0.3, -0.25) is 9.69 Å². The number of piperidine rings is 1. The van der Waals surface area contributed by atoms with E-state index in [0.29, 0.717) is 23.5 Å². The van der Waals surface area contributed by atoms with Gasteiger partial charge in [-0.2, -0.15) is 0 Å². The van der Waals surface area contributed by atoms with Crippen molar-refractivity contribution in [2.45, 2.75) is 38.0 Å². The molecule has 142 valence electrons. The third kappa shape index (κ3) is 3.48. The molecule has 6 nitrogen and oxygen atoms in total. The van der Waals surface area contributed by atoms with Crippen molar-refractivity contribution < 1.29 is 18.7 Å². The first-order valence-electron chi connectivity index (χ1n) is 9.13. The molecule has 2 aliphatic rings. The molecule has 0 aliphatic carbocycles. The lowest BCUT2D eigenvalue weighted by atomic mass is 9.98. The number of furan rings is 1. The third-order valence-electron chi connectivity index (χ3n) is 5.37. The molecule has 3 heterocycles. The van der Waals surface area contributed by atoms with Crippen molar-refractivity contribution in [2.24, 2.45) is 0 Å². The monoisotopic (exact) mass is 432 g/mol. The highest BCUT2D eigenvalue weighted by atomic mass is 79.9. The topological polar surface area (TPSA) is 63.0 Å². The van der Waals surface area contributed by atoms with Crippen LogP contribution in [0.25, 0.3) is 0 Å². The van der Waals surface area contributed by atoms with Crippen LogP contribution in [0.15, 0.2) is 51.6 Å². The predicted molar refractivity (Wildman–Crippen MR) is 102 cm³/mol. The molecule has 0 unspecified atom stereocenters. The normalized spacial score (nSPS) is 23.6. The molecule has 2 amide bonds. The second kappa shape index (κ2) is 7.38. The molecule has 0 spiro atoms. The molecule has 2 fully saturated rings. The summed E-state index contributed by atoms with van der Waals surface area (Å²) in [6.45, 7) is 3.21. The average molecular weight is 433 g/mol. The highest BCUT2D eigenvalue weighted by Crippen LogP contribution is 2.35. The maximum Gasteiger partial charge on any atom is 0.411 e. The number of halogens is 1. The van der Waals surface area contributed by atoms with Crippen molar-refractivity contribution in [3.63, 3.8) is 0 Å². The van der Waals surface area contributed by atoms with Gasteiger partial charge >= 0.3 is 6.09 Å². The fraction of sp³-hybridized carbons (Fsp3) is 0.400. The summed E-state index contributed by atoms with van der Waals surface area (Å²) in [7, 11) is 0. The van der Waals surface area contributed by atoms with E-state index in [0.717, 1.165) is 18.4 Å². The van der Waals surface area contributed by atoms with Gasteiger partial charge in [-0.1, -0.05) is 30.3 Å². The molecule has 2 saturated heterocycles. The summed E-state index contributed by atoms with van der Waals surface area (Å²) in [5.41, 5.74) is 1.01. The van der Waals surface area contributed by atoms with E-state index in [4.69, 9.17) is 9.15 Å². The summed E-state index contributed by atoms with van der Waals surface area (Å²) >= 11 is 3.22. The van der Waals surface area contributed by atoms with Crippen molar-refractivity contribution in [1.82, 2.24) is 9.80 Å². The number of amides is 2. The molecule has 2 aromatic rings. The van der Waals surface area contributed by atoms with Gasteiger partial charge in [0.15, 0.2) is 10.4 Å². The van der Waals surface area contributed by atoms with Gasteiger partial charge in [-0.25, -0.2) is 4.79 Å². The summed E-state index contributed by atoms with van der Waals surface area (Å²) < 4.78 is 11.6. The maximum absolute atomic E-state index is 12.5. The Morgan fingerprint density at radius 2 is 1.81 bits per heavy atom. The van der Waals surface area contributed by atoms with Gasteiger partial charge in [0.2, 0.25) is 0 Å². The quantitative estimate of drug-likeness (QED) is 0.727. The summed E-state index contributed by atoms with van der Waals surface area (Å²) in [5.74, 6) is 0.219. The number of likely N-dealkylation sites (tertiary alicyclic amines) is 1.